The maximum absolute atomic E-state index is 13.2. The van der Waals surface area contributed by atoms with Crippen molar-refractivity contribution in [2.75, 3.05) is 18.6 Å². The maximum Gasteiger partial charge on any atom is 0.161 e. The van der Waals surface area contributed by atoms with E-state index in [-0.39, 0.29) is 23.7 Å². The summed E-state index contributed by atoms with van der Waals surface area (Å²) in [4.78, 5) is 13.6. The average molecular weight is 251 g/mol. The highest BCUT2D eigenvalue weighted by molar-refractivity contribution is 5.99. The number of halogens is 1. The first-order valence-electron chi connectivity index (χ1n) is 6.15. The van der Waals surface area contributed by atoms with Gasteiger partial charge < -0.3 is 9.64 Å². The Kier molecular flexibility index (Phi) is 3.66. The Morgan fingerprint density at radius 1 is 1.50 bits per heavy atom. The van der Waals surface area contributed by atoms with Crippen molar-refractivity contribution in [1.82, 2.24) is 0 Å². The molecule has 0 aromatic heterocycles. The van der Waals surface area contributed by atoms with Crippen molar-refractivity contribution in [2.45, 2.75) is 32.4 Å². The second-order valence-corrected chi connectivity index (χ2v) is 4.76. The molecule has 1 aromatic carbocycles. The molecule has 0 saturated carbocycles. The van der Waals surface area contributed by atoms with E-state index in [9.17, 15) is 9.18 Å². The van der Waals surface area contributed by atoms with Crippen LogP contribution < -0.4 is 4.90 Å². The molecule has 0 aliphatic carbocycles. The van der Waals surface area contributed by atoms with E-state index in [1.165, 1.54) is 19.1 Å². The van der Waals surface area contributed by atoms with Gasteiger partial charge in [-0.2, -0.15) is 0 Å². The standard InChI is InChI=1S/C14H18FNO2/c1-9(17)12-8-11(15)4-5-14(12)16(3)13-6-7-18-10(13)2/h4-5,8,10,13H,6-7H2,1-3H3. The molecule has 1 fully saturated rings. The molecule has 0 bridgehead atoms. The lowest BCUT2D eigenvalue weighted by molar-refractivity contribution is 0.101. The summed E-state index contributed by atoms with van der Waals surface area (Å²) in [7, 11) is 1.93. The van der Waals surface area contributed by atoms with Crippen LogP contribution in [0.15, 0.2) is 18.2 Å². The summed E-state index contributed by atoms with van der Waals surface area (Å²) in [5.74, 6) is -0.504. The Bertz CT molecular complexity index is 461. The summed E-state index contributed by atoms with van der Waals surface area (Å²) in [6.07, 6.45) is 1.05. The smallest absolute Gasteiger partial charge is 0.161 e. The van der Waals surface area contributed by atoms with Crippen molar-refractivity contribution in [3.05, 3.63) is 29.6 Å². The van der Waals surface area contributed by atoms with Crippen LogP contribution in [0.25, 0.3) is 0 Å². The normalized spacial score (nSPS) is 23.1. The highest BCUT2D eigenvalue weighted by Crippen LogP contribution is 2.28. The fourth-order valence-corrected chi connectivity index (χ4v) is 2.51. The first-order valence-corrected chi connectivity index (χ1v) is 6.15. The number of hydrogen-bond donors (Lipinski definition) is 0. The van der Waals surface area contributed by atoms with E-state index in [1.807, 2.05) is 18.9 Å². The van der Waals surface area contributed by atoms with Gasteiger partial charge in [0.05, 0.1) is 12.1 Å². The highest BCUT2D eigenvalue weighted by atomic mass is 19.1. The van der Waals surface area contributed by atoms with Gasteiger partial charge in [-0.1, -0.05) is 0 Å². The van der Waals surface area contributed by atoms with Crippen LogP contribution in [0.5, 0.6) is 0 Å². The van der Waals surface area contributed by atoms with Crippen molar-refractivity contribution in [1.29, 1.82) is 0 Å². The zero-order valence-electron chi connectivity index (χ0n) is 10.9. The van der Waals surface area contributed by atoms with Crippen LogP contribution in [0.3, 0.4) is 0 Å². The lowest BCUT2D eigenvalue weighted by atomic mass is 10.0. The first-order chi connectivity index (χ1) is 8.50. The summed E-state index contributed by atoms with van der Waals surface area (Å²) < 4.78 is 18.8. The third-order valence-corrected chi connectivity index (χ3v) is 3.55. The zero-order chi connectivity index (χ0) is 13.3. The molecular weight excluding hydrogens is 233 g/mol. The van der Waals surface area contributed by atoms with E-state index in [0.29, 0.717) is 5.56 Å². The van der Waals surface area contributed by atoms with E-state index in [2.05, 4.69) is 0 Å². The molecule has 0 N–H and O–H groups in total. The molecule has 98 valence electrons. The Morgan fingerprint density at radius 3 is 2.78 bits per heavy atom. The van der Waals surface area contributed by atoms with Crippen molar-refractivity contribution in [3.63, 3.8) is 0 Å². The van der Waals surface area contributed by atoms with Gasteiger partial charge in [0.15, 0.2) is 5.78 Å². The molecule has 2 atom stereocenters. The summed E-state index contributed by atoms with van der Waals surface area (Å²) in [5.41, 5.74) is 1.20. The molecule has 1 aromatic rings. The molecule has 2 unspecified atom stereocenters. The number of benzene rings is 1. The minimum atomic E-state index is -0.381. The molecule has 1 heterocycles. The van der Waals surface area contributed by atoms with Gasteiger partial charge in [0.25, 0.3) is 0 Å². The monoisotopic (exact) mass is 251 g/mol. The molecule has 0 amide bonds. The number of Topliss-reactive ketones (excluding diaryl/α,β-unsaturated/α-hetero) is 1. The molecule has 3 nitrogen and oxygen atoms in total. The molecule has 0 radical (unpaired) electrons. The first kappa shape index (κ1) is 13.0. The van der Waals surface area contributed by atoms with Gasteiger partial charge in [-0.3, -0.25) is 4.79 Å². The van der Waals surface area contributed by atoms with Crippen molar-refractivity contribution in [3.8, 4) is 0 Å². The molecule has 2 rings (SSSR count). The van der Waals surface area contributed by atoms with Crippen LogP contribution >= 0.6 is 0 Å². The number of carbonyl (C=O) groups excluding carboxylic acids is 1. The Labute approximate surface area is 107 Å². The van der Waals surface area contributed by atoms with E-state index >= 15 is 0 Å². The number of rotatable bonds is 3. The number of likely N-dealkylation sites (N-methyl/N-ethyl adjacent to an activating group) is 1. The fourth-order valence-electron chi connectivity index (χ4n) is 2.51. The summed E-state index contributed by atoms with van der Waals surface area (Å²) in [6, 6.07) is 4.58. The number of anilines is 1. The number of carbonyl (C=O) groups is 1. The van der Waals surface area contributed by atoms with E-state index in [4.69, 9.17) is 4.74 Å². The summed E-state index contributed by atoms with van der Waals surface area (Å²) in [6.45, 7) is 4.21. The van der Waals surface area contributed by atoms with Gasteiger partial charge >= 0.3 is 0 Å². The van der Waals surface area contributed by atoms with Crippen LogP contribution in [0.4, 0.5) is 10.1 Å². The van der Waals surface area contributed by atoms with Crippen LogP contribution in [0.1, 0.15) is 30.6 Å². The number of hydrogen-bond acceptors (Lipinski definition) is 3. The lowest BCUT2D eigenvalue weighted by Crippen LogP contribution is -2.37. The van der Waals surface area contributed by atoms with Crippen molar-refractivity contribution in [2.24, 2.45) is 0 Å². The van der Waals surface area contributed by atoms with E-state index in [1.54, 1.807) is 6.07 Å². The zero-order valence-corrected chi connectivity index (χ0v) is 10.9. The topological polar surface area (TPSA) is 29.5 Å². The van der Waals surface area contributed by atoms with Crippen LogP contribution in [-0.4, -0.2) is 31.6 Å². The van der Waals surface area contributed by atoms with Gasteiger partial charge in [0.1, 0.15) is 5.82 Å². The number of nitrogens with zero attached hydrogens (tertiary/aromatic N) is 1. The lowest BCUT2D eigenvalue weighted by Gasteiger charge is -2.30. The van der Waals surface area contributed by atoms with Crippen molar-refractivity contribution >= 4 is 11.5 Å². The highest BCUT2D eigenvalue weighted by Gasteiger charge is 2.29. The van der Waals surface area contributed by atoms with E-state index < -0.39 is 0 Å². The molecule has 18 heavy (non-hydrogen) atoms. The molecule has 1 aliphatic heterocycles. The number of ether oxygens (including phenoxy) is 1. The minimum Gasteiger partial charge on any atom is -0.376 e. The van der Waals surface area contributed by atoms with Crippen LogP contribution in [-0.2, 0) is 4.74 Å². The van der Waals surface area contributed by atoms with E-state index in [0.717, 1.165) is 18.7 Å². The molecule has 1 aliphatic rings. The third kappa shape index (κ3) is 2.38. The van der Waals surface area contributed by atoms with Gasteiger partial charge in [0, 0.05) is 24.9 Å². The minimum absolute atomic E-state index is 0.122. The second-order valence-electron chi connectivity index (χ2n) is 4.76. The molecule has 1 saturated heterocycles. The fraction of sp³-hybridized carbons (Fsp3) is 0.500. The van der Waals surface area contributed by atoms with Crippen molar-refractivity contribution < 1.29 is 13.9 Å². The van der Waals surface area contributed by atoms with Gasteiger partial charge in [0.2, 0.25) is 0 Å². The van der Waals surface area contributed by atoms with Gasteiger partial charge in [-0.25, -0.2) is 4.39 Å². The Morgan fingerprint density at radius 2 is 2.22 bits per heavy atom. The van der Waals surface area contributed by atoms with Crippen LogP contribution in [0, 0.1) is 5.82 Å². The largest absolute Gasteiger partial charge is 0.376 e. The predicted molar refractivity (Wildman–Crippen MR) is 68.6 cm³/mol. The molecular formula is C14H18FNO2. The maximum atomic E-state index is 13.2. The Hall–Kier alpha value is -1.42. The third-order valence-electron chi connectivity index (χ3n) is 3.55. The average Bonchev–Trinajstić information content (AvgIpc) is 2.74. The van der Waals surface area contributed by atoms with Gasteiger partial charge in [-0.15, -0.1) is 0 Å². The summed E-state index contributed by atoms with van der Waals surface area (Å²) >= 11 is 0. The predicted octanol–water partition coefficient (Wildman–Crippen LogP) is 2.64. The second kappa shape index (κ2) is 5.06. The summed E-state index contributed by atoms with van der Waals surface area (Å²) in [5, 5.41) is 0. The molecule has 4 heteroatoms. The molecule has 0 spiro atoms. The SMILES string of the molecule is CC(=O)c1cc(F)ccc1N(C)C1CCOC1C. The number of ketones is 1. The quantitative estimate of drug-likeness (QED) is 0.773. The Balaban J connectivity index is 2.35. The van der Waals surface area contributed by atoms with Crippen LogP contribution in [0.2, 0.25) is 0 Å². The van der Waals surface area contributed by atoms with Gasteiger partial charge in [-0.05, 0) is 38.5 Å².